The fourth-order valence-corrected chi connectivity index (χ4v) is 2.39. The summed E-state index contributed by atoms with van der Waals surface area (Å²) < 4.78 is 16.5. The van der Waals surface area contributed by atoms with Gasteiger partial charge in [-0.1, -0.05) is 16.7 Å². The van der Waals surface area contributed by atoms with E-state index in [9.17, 15) is 0 Å². The summed E-state index contributed by atoms with van der Waals surface area (Å²) in [6.45, 7) is 0.724. The number of oxazole rings is 1. The molecule has 3 aromatic rings. The number of rotatable bonds is 3. The second-order valence-electron chi connectivity index (χ2n) is 4.70. The summed E-state index contributed by atoms with van der Waals surface area (Å²) in [5.74, 6) is 0.467. The Labute approximate surface area is 124 Å². The van der Waals surface area contributed by atoms with Gasteiger partial charge < -0.3 is 13.6 Å². The molecule has 0 saturated carbocycles. The van der Waals surface area contributed by atoms with Crippen LogP contribution >= 0.6 is 11.6 Å². The first-order valence-electron chi connectivity index (χ1n) is 6.56. The summed E-state index contributed by atoms with van der Waals surface area (Å²) in [7, 11) is 0. The van der Waals surface area contributed by atoms with E-state index in [0.717, 1.165) is 19.4 Å². The van der Waals surface area contributed by atoms with Crippen LogP contribution in [0.15, 0.2) is 27.0 Å². The molecule has 1 unspecified atom stereocenters. The van der Waals surface area contributed by atoms with Crippen LogP contribution in [0.4, 0.5) is 12.0 Å². The van der Waals surface area contributed by atoms with Crippen molar-refractivity contribution in [3.05, 3.63) is 29.1 Å². The molecule has 2 aromatic heterocycles. The van der Waals surface area contributed by atoms with Crippen LogP contribution in [0, 0.1) is 0 Å². The molecule has 1 fully saturated rings. The first kappa shape index (κ1) is 12.6. The minimum absolute atomic E-state index is 0.115. The van der Waals surface area contributed by atoms with Crippen molar-refractivity contribution in [2.24, 2.45) is 0 Å². The molecule has 0 amide bonds. The minimum atomic E-state index is -0.115. The first-order chi connectivity index (χ1) is 10.3. The van der Waals surface area contributed by atoms with Crippen molar-refractivity contribution in [3.8, 4) is 0 Å². The van der Waals surface area contributed by atoms with E-state index in [4.69, 9.17) is 25.2 Å². The van der Waals surface area contributed by atoms with Crippen molar-refractivity contribution in [2.45, 2.75) is 18.9 Å². The number of anilines is 2. The summed E-state index contributed by atoms with van der Waals surface area (Å²) in [6.07, 6.45) is 1.78. The Morgan fingerprint density at radius 1 is 1.19 bits per heavy atom. The summed E-state index contributed by atoms with van der Waals surface area (Å²) in [6, 6.07) is 5.71. The maximum atomic E-state index is 5.90. The number of nitrogens with one attached hydrogen (secondary N) is 1. The van der Waals surface area contributed by atoms with E-state index in [0.29, 0.717) is 22.0 Å². The van der Waals surface area contributed by atoms with Gasteiger partial charge in [0, 0.05) is 17.7 Å². The zero-order chi connectivity index (χ0) is 14.2. The Hall–Kier alpha value is -2.12. The van der Waals surface area contributed by atoms with Crippen LogP contribution in [-0.2, 0) is 4.74 Å². The van der Waals surface area contributed by atoms with Gasteiger partial charge in [-0.15, -0.1) is 5.10 Å². The van der Waals surface area contributed by atoms with E-state index in [1.54, 1.807) is 18.2 Å². The predicted octanol–water partition coefficient (Wildman–Crippen LogP) is 3.46. The number of aromatic nitrogens is 3. The molecular formula is C13H11ClN4O3. The van der Waals surface area contributed by atoms with Gasteiger partial charge in [0.25, 0.3) is 0 Å². The predicted molar refractivity (Wildman–Crippen MR) is 74.5 cm³/mol. The van der Waals surface area contributed by atoms with Crippen LogP contribution in [0.3, 0.4) is 0 Å². The molecule has 8 heteroatoms. The maximum Gasteiger partial charge on any atom is 0.323 e. The second kappa shape index (κ2) is 5.01. The Balaban J connectivity index is 1.56. The molecule has 0 radical (unpaired) electrons. The largest absolute Gasteiger partial charge is 0.423 e. The number of hydrogen-bond donors (Lipinski definition) is 1. The van der Waals surface area contributed by atoms with Crippen molar-refractivity contribution in [3.63, 3.8) is 0 Å². The van der Waals surface area contributed by atoms with Crippen molar-refractivity contribution in [1.82, 2.24) is 15.2 Å². The molecule has 21 heavy (non-hydrogen) atoms. The molecule has 1 saturated heterocycles. The van der Waals surface area contributed by atoms with Crippen molar-refractivity contribution < 1.29 is 13.6 Å². The Kier molecular flexibility index (Phi) is 3.01. The molecule has 1 atom stereocenters. The first-order valence-corrected chi connectivity index (χ1v) is 6.94. The lowest BCUT2D eigenvalue weighted by molar-refractivity contribution is 0.0897. The van der Waals surface area contributed by atoms with E-state index >= 15 is 0 Å². The summed E-state index contributed by atoms with van der Waals surface area (Å²) in [5, 5.41) is 11.3. The van der Waals surface area contributed by atoms with Gasteiger partial charge in [-0.2, -0.15) is 4.98 Å². The number of halogens is 1. The number of fused-ring (bicyclic) bond motifs is 1. The molecule has 108 valence electrons. The van der Waals surface area contributed by atoms with E-state index < -0.39 is 0 Å². The quantitative estimate of drug-likeness (QED) is 0.792. The Morgan fingerprint density at radius 3 is 3.00 bits per heavy atom. The van der Waals surface area contributed by atoms with Gasteiger partial charge in [0.05, 0.1) is 0 Å². The lowest BCUT2D eigenvalue weighted by Gasteiger charge is -2.01. The minimum Gasteiger partial charge on any atom is -0.423 e. The maximum absolute atomic E-state index is 5.90. The molecule has 0 aliphatic carbocycles. The topological polar surface area (TPSA) is 86.2 Å². The van der Waals surface area contributed by atoms with Crippen LogP contribution in [0.2, 0.25) is 5.02 Å². The molecule has 3 heterocycles. The molecule has 7 nitrogen and oxygen atoms in total. The van der Waals surface area contributed by atoms with Crippen molar-refractivity contribution >= 4 is 34.7 Å². The molecule has 4 rings (SSSR count). The normalized spacial score (nSPS) is 18.4. The smallest absolute Gasteiger partial charge is 0.323 e. The van der Waals surface area contributed by atoms with Crippen molar-refractivity contribution in [2.75, 3.05) is 11.9 Å². The highest BCUT2D eigenvalue weighted by molar-refractivity contribution is 6.31. The number of ether oxygens (including phenoxy) is 1. The monoisotopic (exact) mass is 306 g/mol. The van der Waals surface area contributed by atoms with Crippen LogP contribution in [0.25, 0.3) is 11.1 Å². The highest BCUT2D eigenvalue weighted by atomic mass is 35.5. The average molecular weight is 307 g/mol. The highest BCUT2D eigenvalue weighted by Crippen LogP contribution is 2.29. The Morgan fingerprint density at radius 2 is 2.14 bits per heavy atom. The molecular weight excluding hydrogens is 296 g/mol. The van der Waals surface area contributed by atoms with Gasteiger partial charge in [-0.05, 0) is 25.0 Å². The van der Waals surface area contributed by atoms with E-state index in [1.807, 2.05) is 0 Å². The molecule has 1 aliphatic rings. The fourth-order valence-electron chi connectivity index (χ4n) is 2.23. The van der Waals surface area contributed by atoms with Gasteiger partial charge in [-0.25, -0.2) is 0 Å². The number of benzene rings is 1. The van der Waals surface area contributed by atoms with Crippen LogP contribution in [-0.4, -0.2) is 21.8 Å². The molecule has 0 bridgehead atoms. The number of nitrogens with zero attached hydrogens (tertiary/aromatic N) is 3. The third-order valence-electron chi connectivity index (χ3n) is 3.21. The standard InChI is InChI=1S/C13H11ClN4O3/c14-7-3-4-8-10(6-7)20-12(15-8)16-13-18-17-11(21-13)9-2-1-5-19-9/h3-4,6,9H,1-2,5H2,(H,15,16,18). The third-order valence-corrected chi connectivity index (χ3v) is 3.45. The summed E-state index contributed by atoms with van der Waals surface area (Å²) >= 11 is 5.90. The molecule has 1 N–H and O–H groups in total. The van der Waals surface area contributed by atoms with Gasteiger partial charge in [0.1, 0.15) is 11.6 Å². The van der Waals surface area contributed by atoms with Gasteiger partial charge >= 0.3 is 12.0 Å². The zero-order valence-corrected chi connectivity index (χ0v) is 11.6. The molecule has 1 aliphatic heterocycles. The highest BCUT2D eigenvalue weighted by Gasteiger charge is 2.24. The van der Waals surface area contributed by atoms with Gasteiger partial charge in [-0.3, -0.25) is 5.32 Å². The van der Waals surface area contributed by atoms with Gasteiger partial charge in [0.2, 0.25) is 5.89 Å². The van der Waals surface area contributed by atoms with Crippen LogP contribution < -0.4 is 5.32 Å². The van der Waals surface area contributed by atoms with Gasteiger partial charge in [0.15, 0.2) is 5.58 Å². The van der Waals surface area contributed by atoms with E-state index in [2.05, 4.69) is 20.5 Å². The third kappa shape index (κ3) is 2.45. The van der Waals surface area contributed by atoms with Crippen LogP contribution in [0.1, 0.15) is 24.8 Å². The summed E-state index contributed by atoms with van der Waals surface area (Å²) in [5.41, 5.74) is 1.28. The number of hydrogen-bond acceptors (Lipinski definition) is 7. The fraction of sp³-hybridized carbons (Fsp3) is 0.308. The van der Waals surface area contributed by atoms with Crippen LogP contribution in [0.5, 0.6) is 0 Å². The molecule has 0 spiro atoms. The lowest BCUT2D eigenvalue weighted by Crippen LogP contribution is -1.95. The second-order valence-corrected chi connectivity index (χ2v) is 5.14. The molecule has 1 aromatic carbocycles. The SMILES string of the molecule is Clc1ccc2nc(Nc3nnc(C4CCCO4)o3)oc2c1. The van der Waals surface area contributed by atoms with E-state index in [1.165, 1.54) is 0 Å². The Bertz CT molecular complexity index is 779. The zero-order valence-electron chi connectivity index (χ0n) is 10.9. The lowest BCUT2D eigenvalue weighted by atomic mass is 10.2. The van der Waals surface area contributed by atoms with Crippen molar-refractivity contribution in [1.29, 1.82) is 0 Å². The summed E-state index contributed by atoms with van der Waals surface area (Å²) in [4.78, 5) is 4.26. The average Bonchev–Trinajstić information content (AvgIpc) is 3.16. The van der Waals surface area contributed by atoms with E-state index in [-0.39, 0.29) is 18.1 Å².